The van der Waals surface area contributed by atoms with E-state index in [0.29, 0.717) is 31.0 Å². The van der Waals surface area contributed by atoms with Gasteiger partial charge >= 0.3 is 6.03 Å². The highest BCUT2D eigenvalue weighted by Gasteiger charge is 2.30. The zero-order valence-electron chi connectivity index (χ0n) is 23.4. The lowest BCUT2D eigenvalue weighted by Gasteiger charge is -2.29. The number of hydrogen-bond donors (Lipinski definition) is 3. The first kappa shape index (κ1) is 27.2. The summed E-state index contributed by atoms with van der Waals surface area (Å²) in [6, 6.07) is 11.2. The smallest absolute Gasteiger partial charge is 0.321 e. The van der Waals surface area contributed by atoms with Crippen LogP contribution in [-0.2, 0) is 24.3 Å². The highest BCUT2D eigenvalue weighted by molar-refractivity contribution is 5.94. The zero-order chi connectivity index (χ0) is 28.4. The van der Waals surface area contributed by atoms with Crippen LogP contribution in [0.5, 0.6) is 0 Å². The molecule has 11 heteroatoms. The van der Waals surface area contributed by atoms with Crippen LogP contribution in [0, 0.1) is 0 Å². The van der Waals surface area contributed by atoms with Gasteiger partial charge in [0.25, 0.3) is 5.91 Å². The van der Waals surface area contributed by atoms with Crippen LogP contribution in [0.15, 0.2) is 42.6 Å². The van der Waals surface area contributed by atoms with Crippen molar-refractivity contribution in [2.75, 3.05) is 37.4 Å². The monoisotopic (exact) mass is 544 g/mol. The van der Waals surface area contributed by atoms with Crippen molar-refractivity contribution in [3.8, 4) is 0 Å². The van der Waals surface area contributed by atoms with E-state index in [1.54, 1.807) is 20.3 Å². The number of amides is 4. The minimum atomic E-state index is -0.224. The van der Waals surface area contributed by atoms with Crippen molar-refractivity contribution in [2.45, 2.75) is 51.7 Å². The van der Waals surface area contributed by atoms with Gasteiger partial charge in [-0.25, -0.2) is 9.78 Å². The molecule has 2 aliphatic rings. The Morgan fingerprint density at radius 1 is 1.15 bits per heavy atom. The van der Waals surface area contributed by atoms with Gasteiger partial charge < -0.3 is 25.8 Å². The summed E-state index contributed by atoms with van der Waals surface area (Å²) in [4.78, 5) is 45.6. The Bertz CT molecular complexity index is 1400. The SMILES string of the molecule is CC(C)n1nc(C(=O)NCc2ccc(NC(=O)N(C)C)cc2)c2c1CCN(c1ccc([C@H]3CCNC3=O)cn1)C2. The van der Waals surface area contributed by atoms with Crippen molar-refractivity contribution in [1.82, 2.24) is 30.3 Å². The average molecular weight is 545 g/mol. The molecule has 3 N–H and O–H groups in total. The number of carbonyl (C=O) groups is 3. The minimum absolute atomic E-state index is 0.0564. The molecule has 1 atom stereocenters. The topological polar surface area (TPSA) is 124 Å². The molecular weight excluding hydrogens is 508 g/mol. The van der Waals surface area contributed by atoms with Gasteiger partial charge in [0.15, 0.2) is 5.69 Å². The van der Waals surface area contributed by atoms with Gasteiger partial charge in [0.05, 0.1) is 5.92 Å². The largest absolute Gasteiger partial charge is 0.356 e. The first-order valence-corrected chi connectivity index (χ1v) is 13.7. The number of urea groups is 1. The van der Waals surface area contributed by atoms with E-state index in [-0.39, 0.29) is 29.8 Å². The van der Waals surface area contributed by atoms with E-state index >= 15 is 0 Å². The maximum Gasteiger partial charge on any atom is 0.321 e. The Kier molecular flexibility index (Phi) is 7.72. The van der Waals surface area contributed by atoms with Gasteiger partial charge in [0, 0.05) is 75.9 Å². The molecule has 5 rings (SSSR count). The lowest BCUT2D eigenvalue weighted by molar-refractivity contribution is -0.120. The first-order valence-electron chi connectivity index (χ1n) is 13.7. The van der Waals surface area contributed by atoms with E-state index < -0.39 is 0 Å². The number of nitrogens with one attached hydrogen (secondary N) is 3. The van der Waals surface area contributed by atoms with Crippen molar-refractivity contribution < 1.29 is 14.4 Å². The van der Waals surface area contributed by atoms with Gasteiger partial charge in [-0.2, -0.15) is 5.10 Å². The summed E-state index contributed by atoms with van der Waals surface area (Å²) in [5.74, 6) is 0.513. The van der Waals surface area contributed by atoms with E-state index in [0.717, 1.165) is 47.6 Å². The summed E-state index contributed by atoms with van der Waals surface area (Å²) in [6.07, 6.45) is 3.34. The summed E-state index contributed by atoms with van der Waals surface area (Å²) >= 11 is 0. The van der Waals surface area contributed by atoms with E-state index in [1.807, 2.05) is 41.1 Å². The highest BCUT2D eigenvalue weighted by atomic mass is 16.2. The van der Waals surface area contributed by atoms with Crippen molar-refractivity contribution in [1.29, 1.82) is 0 Å². The molecular formula is C29H36N8O3. The van der Waals surface area contributed by atoms with Gasteiger partial charge in [-0.15, -0.1) is 0 Å². The second-order valence-corrected chi connectivity index (χ2v) is 10.8. The number of pyridine rings is 1. The zero-order valence-corrected chi connectivity index (χ0v) is 23.4. The molecule has 0 spiro atoms. The van der Waals surface area contributed by atoms with Crippen molar-refractivity contribution >= 4 is 29.4 Å². The Hall–Kier alpha value is -4.41. The number of rotatable bonds is 7. The molecule has 11 nitrogen and oxygen atoms in total. The average Bonchev–Trinajstić information content (AvgIpc) is 3.56. The summed E-state index contributed by atoms with van der Waals surface area (Å²) in [5, 5.41) is 13.4. The van der Waals surface area contributed by atoms with Crippen LogP contribution in [-0.4, -0.2) is 64.7 Å². The van der Waals surface area contributed by atoms with Crippen molar-refractivity contribution in [3.63, 3.8) is 0 Å². The third-order valence-electron chi connectivity index (χ3n) is 7.40. The highest BCUT2D eigenvalue weighted by Crippen LogP contribution is 2.29. The standard InChI is InChI=1S/C29H36N8O3/c1-18(2)37-24-12-14-36(25-10-7-20(16-31-25)22-11-13-30-27(22)38)17-23(24)26(34-37)28(39)32-15-19-5-8-21(9-6-19)33-29(40)35(3)4/h5-10,16,18,22H,11-15,17H2,1-4H3,(H,30,38)(H,32,39)(H,33,40)/t22-/m1/s1. The Balaban J connectivity index is 1.28. The Morgan fingerprint density at radius 3 is 2.55 bits per heavy atom. The van der Waals surface area contributed by atoms with Crippen LogP contribution in [0.2, 0.25) is 0 Å². The van der Waals surface area contributed by atoms with Crippen LogP contribution in [0.25, 0.3) is 0 Å². The normalized spacial score (nSPS) is 16.5. The second kappa shape index (κ2) is 11.4. The molecule has 3 aromatic rings. The quantitative estimate of drug-likeness (QED) is 0.420. The molecule has 2 aliphatic heterocycles. The fourth-order valence-corrected chi connectivity index (χ4v) is 5.16. The van der Waals surface area contributed by atoms with E-state index in [9.17, 15) is 14.4 Å². The summed E-state index contributed by atoms with van der Waals surface area (Å²) in [5.41, 5.74) is 4.96. The summed E-state index contributed by atoms with van der Waals surface area (Å²) < 4.78 is 1.96. The number of aromatic nitrogens is 3. The van der Waals surface area contributed by atoms with Crippen molar-refractivity contribution in [3.05, 3.63) is 70.7 Å². The number of carbonyl (C=O) groups excluding carboxylic acids is 3. The van der Waals surface area contributed by atoms with E-state index in [1.165, 1.54) is 4.90 Å². The fraction of sp³-hybridized carbons (Fsp3) is 0.414. The molecule has 0 aliphatic carbocycles. The van der Waals surface area contributed by atoms with Gasteiger partial charge in [-0.1, -0.05) is 18.2 Å². The van der Waals surface area contributed by atoms with Crippen LogP contribution < -0.4 is 20.9 Å². The van der Waals surface area contributed by atoms with Crippen LogP contribution in [0.4, 0.5) is 16.3 Å². The molecule has 0 saturated carbocycles. The molecule has 4 amide bonds. The molecule has 0 radical (unpaired) electrons. The molecule has 0 unspecified atom stereocenters. The lowest BCUT2D eigenvalue weighted by atomic mass is 9.99. The minimum Gasteiger partial charge on any atom is -0.356 e. The van der Waals surface area contributed by atoms with Crippen LogP contribution in [0.3, 0.4) is 0 Å². The number of anilines is 2. The molecule has 210 valence electrons. The molecule has 4 heterocycles. The van der Waals surface area contributed by atoms with Gasteiger partial charge in [-0.3, -0.25) is 14.3 Å². The first-order chi connectivity index (χ1) is 19.2. The lowest BCUT2D eigenvalue weighted by Crippen LogP contribution is -2.33. The number of nitrogens with zero attached hydrogens (tertiary/aromatic N) is 5. The Labute approximate surface area is 233 Å². The third kappa shape index (κ3) is 5.63. The maximum absolute atomic E-state index is 13.4. The Morgan fingerprint density at radius 2 is 1.93 bits per heavy atom. The van der Waals surface area contributed by atoms with Gasteiger partial charge in [0.1, 0.15) is 5.82 Å². The molecule has 40 heavy (non-hydrogen) atoms. The molecule has 2 aromatic heterocycles. The molecule has 0 bridgehead atoms. The van der Waals surface area contributed by atoms with E-state index in [4.69, 9.17) is 5.10 Å². The van der Waals surface area contributed by atoms with Gasteiger partial charge in [0.2, 0.25) is 5.91 Å². The van der Waals surface area contributed by atoms with E-state index in [2.05, 4.69) is 39.7 Å². The van der Waals surface area contributed by atoms with Gasteiger partial charge in [-0.05, 0) is 49.6 Å². The van der Waals surface area contributed by atoms with Crippen LogP contribution in [0.1, 0.15) is 65.1 Å². The number of benzene rings is 1. The predicted molar refractivity (Wildman–Crippen MR) is 152 cm³/mol. The number of fused-ring (bicyclic) bond motifs is 1. The molecule has 1 saturated heterocycles. The van der Waals surface area contributed by atoms with Crippen LogP contribution >= 0.6 is 0 Å². The molecule has 1 fully saturated rings. The fourth-order valence-electron chi connectivity index (χ4n) is 5.16. The second-order valence-electron chi connectivity index (χ2n) is 10.8. The molecule has 1 aromatic carbocycles. The van der Waals surface area contributed by atoms with Crippen molar-refractivity contribution in [2.24, 2.45) is 0 Å². The maximum atomic E-state index is 13.4. The summed E-state index contributed by atoms with van der Waals surface area (Å²) in [6.45, 7) is 6.46. The third-order valence-corrected chi connectivity index (χ3v) is 7.40. The predicted octanol–water partition coefficient (Wildman–Crippen LogP) is 3.05. The number of hydrogen-bond acceptors (Lipinski definition) is 6. The summed E-state index contributed by atoms with van der Waals surface area (Å²) in [7, 11) is 3.37.